The molecule has 1 aromatic heterocycles. The molecule has 0 aliphatic carbocycles. The summed E-state index contributed by atoms with van der Waals surface area (Å²) in [6.45, 7) is 1.06. The molecule has 0 bridgehead atoms. The molecular weight excluding hydrogens is 189 g/mol. The molecule has 13 heavy (non-hydrogen) atoms. The number of aromatic nitrogens is 2. The van der Waals surface area contributed by atoms with Crippen molar-refractivity contribution in [2.75, 3.05) is 0 Å². The fourth-order valence-electron chi connectivity index (χ4n) is 0.641. The van der Waals surface area contributed by atoms with Gasteiger partial charge in [0.2, 0.25) is 0 Å². The second-order valence-corrected chi connectivity index (χ2v) is 2.18. The van der Waals surface area contributed by atoms with E-state index in [9.17, 15) is 18.0 Å². The second-order valence-electron chi connectivity index (χ2n) is 2.18. The Morgan fingerprint density at radius 2 is 2.23 bits per heavy atom. The number of carbonyl (C=O) groups excluding carboxylic acids is 1. The molecule has 0 aromatic carbocycles. The number of hydrogen-bond acceptors (Lipinski definition) is 3. The molecular formula is C6H5F3N2O2. The minimum absolute atomic E-state index is 0.463. The van der Waals surface area contributed by atoms with Gasteiger partial charge in [0.15, 0.2) is 5.69 Å². The third-order valence-corrected chi connectivity index (χ3v) is 1.08. The Hall–Kier alpha value is -1.53. The summed E-state index contributed by atoms with van der Waals surface area (Å²) in [6, 6.07) is 0.711. The number of alkyl halides is 3. The summed E-state index contributed by atoms with van der Waals surface area (Å²) in [4.78, 5) is 15.0. The van der Waals surface area contributed by atoms with Gasteiger partial charge in [-0.05, 0) is 6.07 Å². The average Bonchev–Trinajstić information content (AvgIpc) is 2.32. The Morgan fingerprint density at radius 1 is 1.62 bits per heavy atom. The third kappa shape index (κ3) is 2.46. The first-order valence-electron chi connectivity index (χ1n) is 3.21. The highest BCUT2D eigenvalue weighted by Gasteiger charge is 2.33. The Balaban J connectivity index is 2.81. The summed E-state index contributed by atoms with van der Waals surface area (Å²) in [5.41, 5.74) is -1.10. The van der Waals surface area contributed by atoms with Gasteiger partial charge >= 0.3 is 12.1 Å². The Morgan fingerprint density at radius 3 is 2.62 bits per heavy atom. The molecule has 1 aromatic rings. The van der Waals surface area contributed by atoms with Gasteiger partial charge in [0.25, 0.3) is 0 Å². The van der Waals surface area contributed by atoms with Gasteiger partial charge in [-0.25, -0.2) is 4.79 Å². The lowest BCUT2D eigenvalue weighted by Gasteiger charge is -2.00. The van der Waals surface area contributed by atoms with Gasteiger partial charge in [-0.3, -0.25) is 0 Å². The molecule has 0 aliphatic heterocycles. The van der Waals surface area contributed by atoms with Crippen LogP contribution in [-0.2, 0) is 11.0 Å². The highest BCUT2D eigenvalue weighted by atomic mass is 19.4. The molecule has 1 rings (SSSR count). The molecule has 0 radical (unpaired) electrons. The van der Waals surface area contributed by atoms with E-state index in [1.807, 2.05) is 0 Å². The Kier molecular flexibility index (Phi) is 2.26. The van der Waals surface area contributed by atoms with Crippen LogP contribution in [0.4, 0.5) is 13.2 Å². The normalized spacial score (nSPS) is 11.4. The minimum Gasteiger partial charge on any atom is -0.320 e. The van der Waals surface area contributed by atoms with E-state index in [2.05, 4.69) is 9.94 Å². The molecule has 0 spiro atoms. The van der Waals surface area contributed by atoms with E-state index in [0.717, 1.165) is 13.1 Å². The van der Waals surface area contributed by atoms with Crippen LogP contribution in [0.5, 0.6) is 0 Å². The molecule has 0 N–H and O–H groups in total. The van der Waals surface area contributed by atoms with Crippen LogP contribution in [0.25, 0.3) is 0 Å². The Labute approximate surface area is 70.9 Å². The molecule has 0 fully saturated rings. The van der Waals surface area contributed by atoms with E-state index in [0.29, 0.717) is 10.9 Å². The van der Waals surface area contributed by atoms with Crippen molar-refractivity contribution in [3.63, 3.8) is 0 Å². The van der Waals surface area contributed by atoms with Crippen molar-refractivity contribution < 1.29 is 22.8 Å². The highest BCUT2D eigenvalue weighted by Crippen LogP contribution is 2.26. The van der Waals surface area contributed by atoms with Crippen molar-refractivity contribution in [2.45, 2.75) is 13.1 Å². The van der Waals surface area contributed by atoms with Crippen molar-refractivity contribution in [2.24, 2.45) is 0 Å². The van der Waals surface area contributed by atoms with Gasteiger partial charge in [0.05, 0.1) is 6.20 Å². The predicted molar refractivity (Wildman–Crippen MR) is 34.5 cm³/mol. The lowest BCUT2D eigenvalue weighted by atomic mass is 10.4. The van der Waals surface area contributed by atoms with Gasteiger partial charge in [-0.15, -0.1) is 5.10 Å². The number of carbonyl (C=O) groups is 1. The summed E-state index contributed by atoms with van der Waals surface area (Å²) in [6.07, 6.45) is -3.62. The van der Waals surface area contributed by atoms with Crippen LogP contribution in [0.15, 0.2) is 12.3 Å². The van der Waals surface area contributed by atoms with Crippen molar-refractivity contribution in [1.29, 1.82) is 0 Å². The lowest BCUT2D eigenvalue weighted by molar-refractivity contribution is -0.149. The maximum atomic E-state index is 11.9. The molecule has 0 atom stereocenters. The summed E-state index contributed by atoms with van der Waals surface area (Å²) in [5, 5.41) is 2.97. The number of nitrogens with zero attached hydrogens (tertiary/aromatic N) is 2. The minimum atomic E-state index is -4.52. The monoisotopic (exact) mass is 194 g/mol. The number of halogens is 3. The predicted octanol–water partition coefficient (Wildman–Crippen LogP) is 0.877. The standard InChI is InChI=1S/C6H5F3N2O2/c1-4(12)13-11-3-2-5(10-11)6(7,8)9/h2-3H,1H3. The fourth-order valence-corrected chi connectivity index (χ4v) is 0.641. The van der Waals surface area contributed by atoms with Crippen molar-refractivity contribution in [1.82, 2.24) is 9.94 Å². The molecule has 0 saturated heterocycles. The summed E-state index contributed by atoms with van der Waals surface area (Å²) >= 11 is 0. The topological polar surface area (TPSA) is 44.1 Å². The first-order chi connectivity index (χ1) is 5.89. The zero-order valence-corrected chi connectivity index (χ0v) is 6.50. The molecule has 7 heteroatoms. The molecule has 0 unspecified atom stereocenters. The first kappa shape index (κ1) is 9.56. The van der Waals surface area contributed by atoms with Crippen molar-refractivity contribution in [3.8, 4) is 0 Å². The van der Waals surface area contributed by atoms with Gasteiger partial charge in [0, 0.05) is 6.92 Å². The summed E-state index contributed by atoms with van der Waals surface area (Å²) < 4.78 is 35.8. The maximum Gasteiger partial charge on any atom is 0.435 e. The first-order valence-corrected chi connectivity index (χ1v) is 3.21. The summed E-state index contributed by atoms with van der Waals surface area (Å²) in [7, 11) is 0. The second kappa shape index (κ2) is 3.08. The van der Waals surface area contributed by atoms with Crippen molar-refractivity contribution >= 4 is 5.97 Å². The molecule has 72 valence electrons. The van der Waals surface area contributed by atoms with Gasteiger partial charge in [0.1, 0.15) is 0 Å². The maximum absolute atomic E-state index is 11.9. The highest BCUT2D eigenvalue weighted by molar-refractivity contribution is 5.66. The molecule has 0 saturated carbocycles. The zero-order chi connectivity index (χ0) is 10.1. The molecule has 1 heterocycles. The van der Waals surface area contributed by atoms with Crippen LogP contribution in [0.1, 0.15) is 12.6 Å². The van der Waals surface area contributed by atoms with E-state index >= 15 is 0 Å². The lowest BCUT2D eigenvalue weighted by Crippen LogP contribution is -2.18. The molecule has 0 aliphatic rings. The quantitative estimate of drug-likeness (QED) is 0.666. The Bertz CT molecular complexity index is 318. The van der Waals surface area contributed by atoms with Crippen LogP contribution < -0.4 is 4.84 Å². The zero-order valence-electron chi connectivity index (χ0n) is 6.50. The van der Waals surface area contributed by atoms with Crippen LogP contribution in [0.3, 0.4) is 0 Å². The number of hydrogen-bond donors (Lipinski definition) is 0. The van der Waals surface area contributed by atoms with E-state index in [1.165, 1.54) is 0 Å². The largest absolute Gasteiger partial charge is 0.435 e. The fraction of sp³-hybridized carbons (Fsp3) is 0.333. The van der Waals surface area contributed by atoms with Gasteiger partial charge in [-0.1, -0.05) is 4.85 Å². The van der Waals surface area contributed by atoms with Crippen LogP contribution in [0.2, 0.25) is 0 Å². The van der Waals surface area contributed by atoms with E-state index < -0.39 is 17.8 Å². The summed E-state index contributed by atoms with van der Waals surface area (Å²) in [5.74, 6) is -0.739. The number of rotatable bonds is 1. The van der Waals surface area contributed by atoms with Gasteiger partial charge < -0.3 is 4.84 Å². The van der Waals surface area contributed by atoms with Crippen LogP contribution >= 0.6 is 0 Å². The van der Waals surface area contributed by atoms with E-state index in [4.69, 9.17) is 0 Å². The SMILES string of the molecule is CC(=O)On1ccc(C(F)(F)F)n1. The van der Waals surface area contributed by atoms with Crippen molar-refractivity contribution in [3.05, 3.63) is 18.0 Å². The van der Waals surface area contributed by atoms with Crippen LogP contribution in [0, 0.1) is 0 Å². The smallest absolute Gasteiger partial charge is 0.320 e. The van der Waals surface area contributed by atoms with E-state index in [-0.39, 0.29) is 0 Å². The average molecular weight is 194 g/mol. The van der Waals surface area contributed by atoms with Crippen LogP contribution in [-0.4, -0.2) is 15.9 Å². The third-order valence-electron chi connectivity index (χ3n) is 1.08. The molecule has 4 nitrogen and oxygen atoms in total. The van der Waals surface area contributed by atoms with E-state index in [1.54, 1.807) is 0 Å². The van der Waals surface area contributed by atoms with Gasteiger partial charge in [-0.2, -0.15) is 13.2 Å². The molecule has 0 amide bonds.